The summed E-state index contributed by atoms with van der Waals surface area (Å²) in [5.41, 5.74) is 5.66. The fraction of sp³-hybridized carbons (Fsp3) is 0.600. The van der Waals surface area contributed by atoms with Crippen molar-refractivity contribution in [3.63, 3.8) is 0 Å². The number of aromatic amines is 1. The second kappa shape index (κ2) is 7.13. The second-order valence-corrected chi connectivity index (χ2v) is 3.93. The van der Waals surface area contributed by atoms with Gasteiger partial charge in [0.2, 0.25) is 5.28 Å². The number of anilines is 1. The van der Waals surface area contributed by atoms with Gasteiger partial charge in [-0.05, 0) is 18.0 Å². The van der Waals surface area contributed by atoms with Crippen molar-refractivity contribution in [3.05, 3.63) is 11.0 Å². The van der Waals surface area contributed by atoms with Crippen LogP contribution in [0, 0.1) is 0 Å². The number of aromatic nitrogens is 2. The molecule has 7 heteroatoms. The molecule has 0 aliphatic heterocycles. The van der Waals surface area contributed by atoms with E-state index in [2.05, 4.69) is 27.5 Å². The molecule has 0 atom stereocenters. The smallest absolute Gasteiger partial charge is 0.271 e. The number of hydrogen-bond acceptors (Lipinski definition) is 4. The summed E-state index contributed by atoms with van der Waals surface area (Å²) >= 11 is 5.75. The van der Waals surface area contributed by atoms with E-state index in [-0.39, 0.29) is 11.2 Å². The van der Waals surface area contributed by atoms with Crippen LogP contribution in [0.3, 0.4) is 0 Å². The molecule has 0 saturated heterocycles. The normalized spacial score (nSPS) is 10.3. The lowest BCUT2D eigenvalue weighted by Gasteiger charge is -2.05. The minimum atomic E-state index is -0.256. The summed E-state index contributed by atoms with van der Waals surface area (Å²) in [7, 11) is 0. The van der Waals surface area contributed by atoms with Gasteiger partial charge in [-0.2, -0.15) is 0 Å². The highest BCUT2D eigenvalue weighted by molar-refractivity contribution is 6.28. The number of halogens is 1. The summed E-state index contributed by atoms with van der Waals surface area (Å²) < 4.78 is 0. The van der Waals surface area contributed by atoms with Gasteiger partial charge in [0.1, 0.15) is 5.69 Å². The van der Waals surface area contributed by atoms with Crippen molar-refractivity contribution in [2.24, 2.45) is 5.73 Å². The minimum absolute atomic E-state index is 0.196. The number of carbonyl (C=O) groups excluding carboxylic acids is 1. The molecule has 1 aromatic rings. The Morgan fingerprint density at radius 2 is 2.29 bits per heavy atom. The molecule has 0 aliphatic rings. The molecule has 0 aliphatic carbocycles. The lowest BCUT2D eigenvalue weighted by Crippen LogP contribution is -2.29. The highest BCUT2D eigenvalue weighted by Crippen LogP contribution is 2.15. The molecular weight excluding hydrogens is 242 g/mol. The Kier molecular flexibility index (Phi) is 5.79. The highest BCUT2D eigenvalue weighted by Gasteiger charge is 2.15. The predicted octanol–water partition coefficient (Wildman–Crippen LogP) is 0.964. The molecule has 0 unspecified atom stereocenters. The predicted molar refractivity (Wildman–Crippen MR) is 68.4 cm³/mol. The molecule has 0 radical (unpaired) electrons. The highest BCUT2D eigenvalue weighted by atomic mass is 35.5. The molecule has 5 N–H and O–H groups in total. The molecule has 1 heterocycles. The van der Waals surface area contributed by atoms with Crippen LogP contribution in [0.15, 0.2) is 0 Å². The standard InChI is InChI=1S/C10H18ClN5O/c1-2-3-5-13-8-7(15-10(11)16-8)9(17)14-6-4-12/h13H,2-6,12H2,1H3,(H,14,17)(H,15,16). The van der Waals surface area contributed by atoms with Crippen molar-refractivity contribution < 1.29 is 4.79 Å². The maximum atomic E-state index is 11.7. The fourth-order valence-corrected chi connectivity index (χ4v) is 1.47. The molecule has 0 fully saturated rings. The van der Waals surface area contributed by atoms with E-state index >= 15 is 0 Å². The Morgan fingerprint density at radius 3 is 2.94 bits per heavy atom. The Labute approximate surface area is 105 Å². The summed E-state index contributed by atoms with van der Waals surface area (Å²) in [6.45, 7) is 3.67. The van der Waals surface area contributed by atoms with Crippen molar-refractivity contribution >= 4 is 23.3 Å². The SMILES string of the molecule is CCCCNc1nc(Cl)[nH]c1C(=O)NCCN. The quantitative estimate of drug-likeness (QED) is 0.549. The van der Waals surface area contributed by atoms with Crippen molar-refractivity contribution in [1.82, 2.24) is 15.3 Å². The van der Waals surface area contributed by atoms with Crippen molar-refractivity contribution in [3.8, 4) is 0 Å². The van der Waals surface area contributed by atoms with Gasteiger partial charge in [0, 0.05) is 19.6 Å². The Bertz CT molecular complexity index is 366. The van der Waals surface area contributed by atoms with Gasteiger partial charge < -0.3 is 21.4 Å². The number of nitrogens with two attached hydrogens (primary N) is 1. The first-order valence-corrected chi connectivity index (χ1v) is 6.04. The van der Waals surface area contributed by atoms with E-state index in [9.17, 15) is 4.79 Å². The number of hydrogen-bond donors (Lipinski definition) is 4. The van der Waals surface area contributed by atoms with E-state index in [1.165, 1.54) is 0 Å². The number of amides is 1. The van der Waals surface area contributed by atoms with Crippen molar-refractivity contribution in [2.45, 2.75) is 19.8 Å². The molecule has 0 spiro atoms. The van der Waals surface area contributed by atoms with Crippen LogP contribution in [-0.4, -0.2) is 35.5 Å². The van der Waals surface area contributed by atoms with Gasteiger partial charge in [0.25, 0.3) is 5.91 Å². The van der Waals surface area contributed by atoms with Gasteiger partial charge in [-0.25, -0.2) is 4.98 Å². The third-order valence-corrected chi connectivity index (χ3v) is 2.33. The van der Waals surface area contributed by atoms with Crippen molar-refractivity contribution in [1.29, 1.82) is 0 Å². The van der Waals surface area contributed by atoms with E-state index in [0.717, 1.165) is 19.4 Å². The molecular formula is C10H18ClN5O. The van der Waals surface area contributed by atoms with Crippen LogP contribution in [0.5, 0.6) is 0 Å². The first kappa shape index (κ1) is 13.8. The number of nitrogens with one attached hydrogen (secondary N) is 3. The van der Waals surface area contributed by atoms with Crippen LogP contribution >= 0.6 is 11.6 Å². The molecule has 96 valence electrons. The van der Waals surface area contributed by atoms with E-state index < -0.39 is 0 Å². The maximum Gasteiger partial charge on any atom is 0.271 e. The van der Waals surface area contributed by atoms with E-state index in [1.807, 2.05) is 0 Å². The first-order valence-electron chi connectivity index (χ1n) is 5.66. The summed E-state index contributed by atoms with van der Waals surface area (Å²) in [6, 6.07) is 0. The van der Waals surface area contributed by atoms with Gasteiger partial charge in [-0.3, -0.25) is 4.79 Å². The molecule has 0 bridgehead atoms. The van der Waals surface area contributed by atoms with Gasteiger partial charge >= 0.3 is 0 Å². The van der Waals surface area contributed by atoms with Crippen molar-refractivity contribution in [2.75, 3.05) is 25.0 Å². The topological polar surface area (TPSA) is 95.8 Å². The van der Waals surface area contributed by atoms with Gasteiger partial charge in [0.15, 0.2) is 5.82 Å². The number of carbonyl (C=O) groups is 1. The number of unbranched alkanes of at least 4 members (excludes halogenated alkanes) is 1. The van der Waals surface area contributed by atoms with E-state index in [1.54, 1.807) is 0 Å². The molecule has 6 nitrogen and oxygen atoms in total. The van der Waals surface area contributed by atoms with Gasteiger partial charge in [-0.1, -0.05) is 13.3 Å². The zero-order valence-electron chi connectivity index (χ0n) is 9.85. The zero-order valence-corrected chi connectivity index (χ0v) is 10.6. The zero-order chi connectivity index (χ0) is 12.7. The summed E-state index contributed by atoms with van der Waals surface area (Å²) in [5.74, 6) is 0.229. The Hall–Kier alpha value is -1.27. The minimum Gasteiger partial charge on any atom is -0.368 e. The van der Waals surface area contributed by atoms with Crippen LogP contribution in [0.25, 0.3) is 0 Å². The van der Waals surface area contributed by atoms with Gasteiger partial charge in [0.05, 0.1) is 0 Å². The molecule has 0 saturated carbocycles. The monoisotopic (exact) mass is 259 g/mol. The average Bonchev–Trinajstić information content (AvgIpc) is 2.68. The third kappa shape index (κ3) is 4.24. The molecule has 1 amide bonds. The Balaban J connectivity index is 2.66. The van der Waals surface area contributed by atoms with Crippen LogP contribution < -0.4 is 16.4 Å². The van der Waals surface area contributed by atoms with Crippen LogP contribution in [0.4, 0.5) is 5.82 Å². The number of H-pyrrole nitrogens is 1. The average molecular weight is 260 g/mol. The van der Waals surface area contributed by atoms with Gasteiger partial charge in [-0.15, -0.1) is 0 Å². The van der Waals surface area contributed by atoms with Crippen LogP contribution in [0.2, 0.25) is 5.28 Å². The third-order valence-electron chi connectivity index (χ3n) is 2.15. The Morgan fingerprint density at radius 1 is 1.53 bits per heavy atom. The summed E-state index contributed by atoms with van der Waals surface area (Å²) in [4.78, 5) is 18.5. The number of rotatable bonds is 7. The molecule has 1 rings (SSSR count). The van der Waals surface area contributed by atoms with Crippen LogP contribution in [0.1, 0.15) is 30.3 Å². The lowest BCUT2D eigenvalue weighted by molar-refractivity contribution is 0.0951. The molecule has 1 aromatic heterocycles. The molecule has 0 aromatic carbocycles. The lowest BCUT2D eigenvalue weighted by atomic mass is 10.3. The van der Waals surface area contributed by atoms with E-state index in [0.29, 0.717) is 24.6 Å². The molecule has 17 heavy (non-hydrogen) atoms. The largest absolute Gasteiger partial charge is 0.368 e. The maximum absolute atomic E-state index is 11.7. The first-order chi connectivity index (χ1) is 8.19. The number of imidazole rings is 1. The fourth-order valence-electron chi connectivity index (χ4n) is 1.29. The summed E-state index contributed by atoms with van der Waals surface area (Å²) in [5, 5.41) is 5.93. The summed E-state index contributed by atoms with van der Waals surface area (Å²) in [6.07, 6.45) is 2.08. The number of nitrogens with zero attached hydrogens (tertiary/aromatic N) is 1. The second-order valence-electron chi connectivity index (χ2n) is 3.58. The van der Waals surface area contributed by atoms with Crippen LogP contribution in [-0.2, 0) is 0 Å². The van der Waals surface area contributed by atoms with E-state index in [4.69, 9.17) is 17.3 Å².